The van der Waals surface area contributed by atoms with Crippen molar-refractivity contribution in [2.75, 3.05) is 26.8 Å². The van der Waals surface area contributed by atoms with E-state index in [-0.39, 0.29) is 30.5 Å². The van der Waals surface area contributed by atoms with E-state index in [4.69, 9.17) is 24.9 Å². The van der Waals surface area contributed by atoms with Gasteiger partial charge in [-0.3, -0.25) is 4.79 Å². The molecule has 9 heteroatoms. The molecule has 0 bridgehead atoms. The third kappa shape index (κ3) is 6.07. The third-order valence-corrected chi connectivity index (χ3v) is 7.86. The molecular weight excluding hydrogens is 525 g/mol. The number of ketones is 1. The Labute approximate surface area is 240 Å². The molecule has 0 radical (unpaired) electrons. The van der Waals surface area contributed by atoms with Crippen LogP contribution in [0.4, 0.5) is 4.39 Å². The molecule has 1 fully saturated rings. The summed E-state index contributed by atoms with van der Waals surface area (Å²) in [5.74, 6) is 1.27. The van der Waals surface area contributed by atoms with Crippen LogP contribution in [-0.4, -0.2) is 48.8 Å². The molecule has 2 aromatic carbocycles. The Hall–Kier alpha value is -3.53. The minimum Gasteiger partial charge on any atom is -0.493 e. The number of benzene rings is 2. The number of methoxy groups -OCH3 is 1. The summed E-state index contributed by atoms with van der Waals surface area (Å²) in [7, 11) is 1.55. The monoisotopic (exact) mass is 563 g/mol. The van der Waals surface area contributed by atoms with Crippen LogP contribution in [0.15, 0.2) is 42.5 Å². The number of Topliss-reactive ketones (excluding diaryl/α,β-unsaturated/α-hetero) is 1. The van der Waals surface area contributed by atoms with E-state index in [1.807, 2.05) is 13.0 Å². The van der Waals surface area contributed by atoms with Gasteiger partial charge in [-0.25, -0.2) is 9.37 Å². The lowest BCUT2D eigenvalue weighted by Crippen LogP contribution is -2.43. The average Bonchev–Trinajstić information content (AvgIpc) is 3.72. The summed E-state index contributed by atoms with van der Waals surface area (Å²) in [5.41, 5.74) is 7.14. The average molecular weight is 564 g/mol. The Kier molecular flexibility index (Phi) is 8.05. The summed E-state index contributed by atoms with van der Waals surface area (Å²) in [6.07, 6.45) is 2.47. The zero-order valence-corrected chi connectivity index (χ0v) is 24.1. The van der Waals surface area contributed by atoms with Crippen LogP contribution in [0.3, 0.4) is 0 Å². The van der Waals surface area contributed by atoms with Gasteiger partial charge < -0.3 is 30.4 Å². The van der Waals surface area contributed by atoms with Crippen molar-refractivity contribution in [1.82, 2.24) is 10.3 Å². The first-order valence-corrected chi connectivity index (χ1v) is 14.1. The number of nitrogens with one attached hydrogen (secondary N) is 1. The number of rotatable bonds is 12. The smallest absolute Gasteiger partial charge is 0.163 e. The Morgan fingerprint density at radius 1 is 1.24 bits per heavy atom. The number of hydrogen-bond acceptors (Lipinski definition) is 8. The SMILES string of the molecule is COc1cc(C(=O)CCC(C)(O)c2cc3c(c(-c4ccc(F)c(C)c4)n2)OCC3(C)NCCN)ccc1OC1CC1. The van der Waals surface area contributed by atoms with E-state index in [1.165, 1.54) is 6.07 Å². The number of ether oxygens (including phenoxy) is 3. The first-order valence-electron chi connectivity index (χ1n) is 14.1. The second-order valence-corrected chi connectivity index (χ2v) is 11.4. The summed E-state index contributed by atoms with van der Waals surface area (Å²) in [5, 5.41) is 15.1. The van der Waals surface area contributed by atoms with Gasteiger partial charge in [-0.1, -0.05) is 0 Å². The van der Waals surface area contributed by atoms with E-state index in [1.54, 1.807) is 51.3 Å². The van der Waals surface area contributed by atoms with E-state index in [0.29, 0.717) is 65.0 Å². The number of nitrogens with zero attached hydrogens (tertiary/aromatic N) is 1. The Bertz CT molecular complexity index is 1460. The molecule has 1 aromatic heterocycles. The molecule has 1 aliphatic heterocycles. The van der Waals surface area contributed by atoms with Crippen molar-refractivity contribution < 1.29 is 28.5 Å². The number of fused-ring (bicyclic) bond motifs is 1. The van der Waals surface area contributed by atoms with Gasteiger partial charge in [-0.05, 0) is 88.1 Å². The lowest BCUT2D eigenvalue weighted by Gasteiger charge is -2.28. The second-order valence-electron chi connectivity index (χ2n) is 11.4. The quantitative estimate of drug-likeness (QED) is 0.270. The topological polar surface area (TPSA) is 116 Å². The Balaban J connectivity index is 1.44. The molecule has 218 valence electrons. The van der Waals surface area contributed by atoms with Gasteiger partial charge in [-0.15, -0.1) is 0 Å². The van der Waals surface area contributed by atoms with Crippen molar-refractivity contribution in [3.05, 3.63) is 70.7 Å². The number of aliphatic hydroxyl groups is 1. The summed E-state index contributed by atoms with van der Waals surface area (Å²) >= 11 is 0. The Morgan fingerprint density at radius 2 is 2.02 bits per heavy atom. The maximum atomic E-state index is 14.1. The number of aryl methyl sites for hydroxylation is 1. The standard InChI is InChI=1S/C32H38FN3O5/c1-19-15-21(5-9-24(19)33)29-30-23(31(2,18-40-30)35-14-13-34)17-28(36-29)32(3,38)12-11-25(37)20-6-10-26(27(16-20)39-4)41-22-7-8-22/h5-6,9-10,15-17,22,35,38H,7-8,11-14,18,34H2,1-4H3. The largest absolute Gasteiger partial charge is 0.493 e. The minimum absolute atomic E-state index is 0.0852. The van der Waals surface area contributed by atoms with E-state index in [2.05, 4.69) is 5.32 Å². The third-order valence-electron chi connectivity index (χ3n) is 7.86. The van der Waals surface area contributed by atoms with Crippen molar-refractivity contribution >= 4 is 5.78 Å². The molecule has 3 aromatic rings. The Morgan fingerprint density at radius 3 is 2.71 bits per heavy atom. The number of aromatic nitrogens is 1. The maximum absolute atomic E-state index is 14.1. The predicted molar refractivity (Wildman–Crippen MR) is 154 cm³/mol. The highest BCUT2D eigenvalue weighted by Gasteiger charge is 2.40. The zero-order valence-electron chi connectivity index (χ0n) is 24.1. The van der Waals surface area contributed by atoms with Gasteiger partial charge >= 0.3 is 0 Å². The molecule has 5 rings (SSSR count). The molecule has 0 saturated heterocycles. The fraction of sp³-hybridized carbons (Fsp3) is 0.438. The van der Waals surface area contributed by atoms with Crippen molar-refractivity contribution in [1.29, 1.82) is 0 Å². The number of hydrogen-bond donors (Lipinski definition) is 3. The van der Waals surface area contributed by atoms with Crippen molar-refractivity contribution in [2.45, 2.75) is 63.7 Å². The van der Waals surface area contributed by atoms with Gasteiger partial charge in [-0.2, -0.15) is 0 Å². The van der Waals surface area contributed by atoms with E-state index >= 15 is 0 Å². The second kappa shape index (κ2) is 11.4. The fourth-order valence-corrected chi connectivity index (χ4v) is 5.07. The first-order chi connectivity index (χ1) is 19.5. The molecule has 0 spiro atoms. The molecular formula is C32H38FN3O5. The summed E-state index contributed by atoms with van der Waals surface area (Å²) in [6.45, 7) is 6.73. The van der Waals surface area contributed by atoms with Crippen LogP contribution in [-0.2, 0) is 11.1 Å². The first kappa shape index (κ1) is 29.0. The number of carbonyl (C=O) groups excluding carboxylic acids is 1. The van der Waals surface area contributed by atoms with Crippen LogP contribution in [0, 0.1) is 12.7 Å². The zero-order chi connectivity index (χ0) is 29.4. The van der Waals surface area contributed by atoms with Gasteiger partial charge in [0, 0.05) is 36.2 Å². The number of carbonyl (C=O) groups is 1. The molecule has 8 nitrogen and oxygen atoms in total. The van der Waals surface area contributed by atoms with Gasteiger partial charge in [0.15, 0.2) is 23.0 Å². The number of halogens is 1. The van der Waals surface area contributed by atoms with Crippen molar-refractivity contribution in [2.24, 2.45) is 5.73 Å². The summed E-state index contributed by atoms with van der Waals surface area (Å²) in [6, 6.07) is 11.8. The molecule has 2 atom stereocenters. The lowest BCUT2D eigenvalue weighted by atomic mass is 9.87. The molecule has 41 heavy (non-hydrogen) atoms. The van der Waals surface area contributed by atoms with Crippen LogP contribution in [0.2, 0.25) is 0 Å². The van der Waals surface area contributed by atoms with Crippen molar-refractivity contribution in [3.63, 3.8) is 0 Å². The molecule has 2 aliphatic rings. The minimum atomic E-state index is -1.44. The highest BCUT2D eigenvalue weighted by Crippen LogP contribution is 2.45. The normalized spacial score (nSPS) is 19.3. The van der Waals surface area contributed by atoms with Gasteiger partial charge in [0.25, 0.3) is 0 Å². The highest BCUT2D eigenvalue weighted by atomic mass is 19.1. The molecule has 1 saturated carbocycles. The van der Waals surface area contributed by atoms with Crippen LogP contribution < -0.4 is 25.3 Å². The van der Waals surface area contributed by atoms with Crippen molar-refractivity contribution in [3.8, 4) is 28.5 Å². The van der Waals surface area contributed by atoms with E-state index in [0.717, 1.165) is 18.4 Å². The summed E-state index contributed by atoms with van der Waals surface area (Å²) < 4.78 is 31.6. The molecule has 4 N–H and O–H groups in total. The van der Waals surface area contributed by atoms with Gasteiger partial charge in [0.05, 0.1) is 24.4 Å². The molecule has 1 aliphatic carbocycles. The van der Waals surface area contributed by atoms with E-state index < -0.39 is 11.1 Å². The molecule has 2 unspecified atom stereocenters. The predicted octanol–water partition coefficient (Wildman–Crippen LogP) is 4.77. The molecule has 0 amide bonds. The maximum Gasteiger partial charge on any atom is 0.163 e. The van der Waals surface area contributed by atoms with Gasteiger partial charge in [0.1, 0.15) is 23.7 Å². The van der Waals surface area contributed by atoms with E-state index in [9.17, 15) is 14.3 Å². The van der Waals surface area contributed by atoms with Gasteiger partial charge in [0.2, 0.25) is 0 Å². The fourth-order valence-electron chi connectivity index (χ4n) is 5.07. The van der Waals surface area contributed by atoms with Crippen LogP contribution in [0.25, 0.3) is 11.3 Å². The van der Waals surface area contributed by atoms with Crippen LogP contribution in [0.5, 0.6) is 17.2 Å². The summed E-state index contributed by atoms with van der Waals surface area (Å²) in [4.78, 5) is 18.0. The number of nitrogens with two attached hydrogens (primary N) is 1. The number of pyridine rings is 1. The highest BCUT2D eigenvalue weighted by molar-refractivity contribution is 5.96. The van der Waals surface area contributed by atoms with Crippen LogP contribution in [0.1, 0.15) is 66.7 Å². The van der Waals surface area contributed by atoms with Crippen LogP contribution >= 0.6 is 0 Å². The lowest BCUT2D eigenvalue weighted by molar-refractivity contribution is 0.0396. The molecule has 2 heterocycles.